The number of oxime groups is 1. The first-order valence-corrected chi connectivity index (χ1v) is 6.61. The number of nitrogens with two attached hydrogens (primary N) is 1. The number of carbonyl (C=O) groups is 1. The normalized spacial score (nSPS) is 14.0. The zero-order valence-electron chi connectivity index (χ0n) is 11.5. The molecule has 1 aromatic rings. The molecule has 0 aliphatic heterocycles. The molecule has 1 rings (SSSR count). The number of amidine groups is 1. The third kappa shape index (κ3) is 4.13. The number of ether oxygens (including phenoxy) is 1. The van der Waals surface area contributed by atoms with Gasteiger partial charge in [0.2, 0.25) is 0 Å². The van der Waals surface area contributed by atoms with Crippen LogP contribution < -0.4 is 5.73 Å². The highest BCUT2D eigenvalue weighted by atomic mass is 32.1. The molecule has 1 heterocycles. The van der Waals surface area contributed by atoms with Gasteiger partial charge in [-0.15, -0.1) is 11.3 Å². The molecule has 0 aliphatic rings. The van der Waals surface area contributed by atoms with Crippen LogP contribution in [0.5, 0.6) is 0 Å². The second-order valence-electron chi connectivity index (χ2n) is 5.03. The fourth-order valence-electron chi connectivity index (χ4n) is 1.48. The summed E-state index contributed by atoms with van der Waals surface area (Å²) in [6.45, 7) is 5.34. The van der Waals surface area contributed by atoms with E-state index in [0.717, 1.165) is 4.88 Å². The Kier molecular flexibility index (Phi) is 4.77. The third-order valence-electron chi connectivity index (χ3n) is 2.28. The van der Waals surface area contributed by atoms with Crippen LogP contribution in [0.3, 0.4) is 0 Å². The van der Waals surface area contributed by atoms with Crippen LogP contribution in [0.15, 0.2) is 22.7 Å². The Morgan fingerprint density at radius 1 is 1.58 bits per heavy atom. The maximum atomic E-state index is 12.0. The van der Waals surface area contributed by atoms with Gasteiger partial charge in [-0.25, -0.2) is 4.79 Å². The van der Waals surface area contributed by atoms with Gasteiger partial charge in [-0.2, -0.15) is 0 Å². The van der Waals surface area contributed by atoms with E-state index in [1.165, 1.54) is 16.2 Å². The number of hydrogen-bond acceptors (Lipinski definition) is 5. The first-order chi connectivity index (χ1) is 8.76. The van der Waals surface area contributed by atoms with E-state index < -0.39 is 17.7 Å². The molecule has 0 saturated carbocycles. The number of rotatable bonds is 3. The Balaban J connectivity index is 2.96. The van der Waals surface area contributed by atoms with Crippen LogP contribution in [0.1, 0.15) is 31.7 Å². The fraction of sp³-hybridized carbons (Fsp3) is 0.500. The summed E-state index contributed by atoms with van der Waals surface area (Å²) >= 11 is 1.42. The van der Waals surface area contributed by atoms with E-state index in [1.54, 1.807) is 27.8 Å². The lowest BCUT2D eigenvalue weighted by atomic mass is 10.2. The Morgan fingerprint density at radius 3 is 2.63 bits per heavy atom. The van der Waals surface area contributed by atoms with Gasteiger partial charge in [0.15, 0.2) is 5.84 Å². The van der Waals surface area contributed by atoms with Gasteiger partial charge in [-0.1, -0.05) is 11.2 Å². The van der Waals surface area contributed by atoms with E-state index >= 15 is 0 Å². The van der Waals surface area contributed by atoms with Gasteiger partial charge in [-0.3, -0.25) is 4.90 Å². The van der Waals surface area contributed by atoms with E-state index in [0.29, 0.717) is 0 Å². The molecule has 0 saturated heterocycles. The second kappa shape index (κ2) is 5.92. The molecule has 0 aliphatic carbocycles. The molecule has 106 valence electrons. The van der Waals surface area contributed by atoms with E-state index in [1.807, 2.05) is 17.5 Å². The Hall–Kier alpha value is -1.76. The molecule has 6 nitrogen and oxygen atoms in total. The van der Waals surface area contributed by atoms with Gasteiger partial charge in [-0.05, 0) is 32.2 Å². The first kappa shape index (κ1) is 15.3. The summed E-state index contributed by atoms with van der Waals surface area (Å²) in [5.74, 6) is -0.0594. The van der Waals surface area contributed by atoms with Crippen LogP contribution in [0.25, 0.3) is 0 Å². The highest BCUT2D eigenvalue weighted by Gasteiger charge is 2.30. The molecule has 0 bridgehead atoms. The maximum absolute atomic E-state index is 12.0. The lowest BCUT2D eigenvalue weighted by Gasteiger charge is -2.29. The van der Waals surface area contributed by atoms with Gasteiger partial charge in [0.25, 0.3) is 0 Å². The van der Waals surface area contributed by atoms with Crippen molar-refractivity contribution in [1.82, 2.24) is 4.90 Å². The molecule has 0 aromatic carbocycles. The summed E-state index contributed by atoms with van der Waals surface area (Å²) < 4.78 is 5.27. The lowest BCUT2D eigenvalue weighted by Crippen LogP contribution is -2.41. The van der Waals surface area contributed by atoms with Gasteiger partial charge >= 0.3 is 6.09 Å². The fourth-order valence-corrected chi connectivity index (χ4v) is 2.36. The summed E-state index contributed by atoms with van der Waals surface area (Å²) in [7, 11) is 1.55. The van der Waals surface area contributed by atoms with Gasteiger partial charge in [0.05, 0.1) is 0 Å². The number of nitrogens with zero attached hydrogens (tertiary/aromatic N) is 2. The third-order valence-corrected chi connectivity index (χ3v) is 3.20. The topological polar surface area (TPSA) is 88.2 Å². The van der Waals surface area contributed by atoms with Crippen molar-refractivity contribution in [2.45, 2.75) is 32.4 Å². The number of carbonyl (C=O) groups excluding carboxylic acids is 1. The predicted octanol–water partition coefficient (Wildman–Crippen LogP) is 2.40. The zero-order chi connectivity index (χ0) is 14.6. The average Bonchev–Trinajstić information content (AvgIpc) is 2.80. The molecule has 7 heteroatoms. The molecule has 3 N–H and O–H groups in total. The molecule has 0 radical (unpaired) electrons. The quantitative estimate of drug-likeness (QED) is 0.386. The highest BCUT2D eigenvalue weighted by molar-refractivity contribution is 7.10. The van der Waals surface area contributed by atoms with Crippen molar-refractivity contribution in [3.63, 3.8) is 0 Å². The van der Waals surface area contributed by atoms with Crippen molar-refractivity contribution in [3.05, 3.63) is 22.4 Å². The number of amides is 1. The number of thiophene rings is 1. The SMILES string of the molecule is CN(C(=O)OC(C)(C)C)[C@H](C(N)=NO)c1cccs1. The molecule has 1 atom stereocenters. The van der Waals surface area contributed by atoms with Crippen molar-refractivity contribution >= 4 is 23.3 Å². The lowest BCUT2D eigenvalue weighted by molar-refractivity contribution is 0.0265. The number of hydrogen-bond donors (Lipinski definition) is 2. The smallest absolute Gasteiger partial charge is 0.410 e. The van der Waals surface area contributed by atoms with Crippen LogP contribution in [-0.2, 0) is 4.74 Å². The minimum Gasteiger partial charge on any atom is -0.444 e. The largest absolute Gasteiger partial charge is 0.444 e. The minimum atomic E-state index is -0.639. The van der Waals surface area contributed by atoms with E-state index in [4.69, 9.17) is 15.7 Å². The van der Waals surface area contributed by atoms with Crippen molar-refractivity contribution in [2.24, 2.45) is 10.9 Å². The summed E-state index contributed by atoms with van der Waals surface area (Å²) in [5, 5.41) is 13.7. The van der Waals surface area contributed by atoms with Gasteiger partial charge in [0.1, 0.15) is 11.6 Å². The Bertz CT molecular complexity index is 451. The first-order valence-electron chi connectivity index (χ1n) is 5.73. The van der Waals surface area contributed by atoms with Crippen LogP contribution in [-0.4, -0.2) is 34.7 Å². The minimum absolute atomic E-state index is 0.0594. The molecular formula is C12H19N3O3S. The second-order valence-corrected chi connectivity index (χ2v) is 6.01. The van der Waals surface area contributed by atoms with Crippen LogP contribution in [0.2, 0.25) is 0 Å². The van der Waals surface area contributed by atoms with Crippen LogP contribution in [0, 0.1) is 0 Å². The molecular weight excluding hydrogens is 266 g/mol. The summed E-state index contributed by atoms with van der Waals surface area (Å²) in [6.07, 6.45) is -0.530. The van der Waals surface area contributed by atoms with Crippen molar-refractivity contribution in [2.75, 3.05) is 7.05 Å². The van der Waals surface area contributed by atoms with Crippen molar-refractivity contribution in [3.8, 4) is 0 Å². The van der Waals surface area contributed by atoms with E-state index in [9.17, 15) is 4.79 Å². The average molecular weight is 285 g/mol. The summed E-state index contributed by atoms with van der Waals surface area (Å²) in [4.78, 5) is 14.1. The molecule has 1 amide bonds. The summed E-state index contributed by atoms with van der Waals surface area (Å²) in [5.41, 5.74) is 5.07. The molecule has 1 aromatic heterocycles. The predicted molar refractivity (Wildman–Crippen MR) is 74.5 cm³/mol. The zero-order valence-corrected chi connectivity index (χ0v) is 12.3. The molecule has 0 unspecified atom stereocenters. The standard InChI is InChI=1S/C12H19N3O3S/c1-12(2,3)18-11(16)15(4)9(10(13)14-17)8-6-5-7-19-8/h5-7,9,17H,1-4H3,(H2,13,14)/t9-/m0/s1. The van der Waals surface area contributed by atoms with Crippen molar-refractivity contribution < 1.29 is 14.7 Å². The Labute approximate surface area is 116 Å². The highest BCUT2D eigenvalue weighted by Crippen LogP contribution is 2.25. The molecule has 19 heavy (non-hydrogen) atoms. The molecule has 0 spiro atoms. The van der Waals surface area contributed by atoms with Crippen molar-refractivity contribution in [1.29, 1.82) is 0 Å². The maximum Gasteiger partial charge on any atom is 0.410 e. The van der Waals surface area contributed by atoms with Crippen LogP contribution >= 0.6 is 11.3 Å². The van der Waals surface area contributed by atoms with Gasteiger partial charge < -0.3 is 15.7 Å². The van der Waals surface area contributed by atoms with E-state index in [-0.39, 0.29) is 5.84 Å². The monoisotopic (exact) mass is 285 g/mol. The van der Waals surface area contributed by atoms with Crippen LogP contribution in [0.4, 0.5) is 4.79 Å². The van der Waals surface area contributed by atoms with Gasteiger partial charge in [0, 0.05) is 11.9 Å². The molecule has 0 fully saturated rings. The van der Waals surface area contributed by atoms with E-state index in [2.05, 4.69) is 5.16 Å². The Morgan fingerprint density at radius 2 is 2.21 bits per heavy atom. The number of likely N-dealkylation sites (N-methyl/N-ethyl adjacent to an activating group) is 1. The summed E-state index contributed by atoms with van der Waals surface area (Å²) in [6, 6.07) is 3.01.